The summed E-state index contributed by atoms with van der Waals surface area (Å²) in [5, 5.41) is 8.47. The molecule has 0 saturated carbocycles. The summed E-state index contributed by atoms with van der Waals surface area (Å²) in [7, 11) is 0. The first-order valence-corrected chi connectivity index (χ1v) is 8.97. The molecule has 0 radical (unpaired) electrons. The van der Waals surface area contributed by atoms with E-state index in [1.165, 1.54) is 11.8 Å². The number of carbonyl (C=O) groups is 1. The molecule has 0 saturated heterocycles. The Bertz CT molecular complexity index is 404. The fraction of sp³-hybridized carbons (Fsp3) is 0.421. The zero-order valence-electron chi connectivity index (χ0n) is 13.5. The molecule has 0 aromatic carbocycles. The molecule has 0 bridgehead atoms. The second-order valence-corrected chi connectivity index (χ2v) is 5.65. The molecule has 0 atom stereocenters. The zero-order valence-corrected chi connectivity index (χ0v) is 14.3. The monoisotopic (exact) mass is 320 g/mol. The van der Waals surface area contributed by atoms with Crippen molar-refractivity contribution in [3.63, 3.8) is 0 Å². The summed E-state index contributed by atoms with van der Waals surface area (Å²) in [6.45, 7) is 2.14. The first kappa shape index (κ1) is 20.5. The summed E-state index contributed by atoms with van der Waals surface area (Å²) < 4.78 is 0. The number of allylic oxidation sites excluding steroid dienone is 9. The van der Waals surface area contributed by atoms with Crippen molar-refractivity contribution in [2.45, 2.75) is 39.0 Å². The third kappa shape index (κ3) is 18.5. The van der Waals surface area contributed by atoms with E-state index in [1.807, 2.05) is 6.08 Å². The van der Waals surface area contributed by atoms with Gasteiger partial charge in [0.1, 0.15) is 0 Å². The van der Waals surface area contributed by atoms with Crippen LogP contribution in [-0.2, 0) is 4.79 Å². The Balaban J connectivity index is 3.46. The number of carboxylic acids is 1. The minimum atomic E-state index is -0.752. The lowest BCUT2D eigenvalue weighted by molar-refractivity contribution is -0.133. The fourth-order valence-electron chi connectivity index (χ4n) is 1.53. The Morgan fingerprint density at radius 2 is 1.18 bits per heavy atom. The van der Waals surface area contributed by atoms with Gasteiger partial charge in [-0.3, -0.25) is 4.79 Å². The fourth-order valence-corrected chi connectivity index (χ4v) is 2.10. The summed E-state index contributed by atoms with van der Waals surface area (Å²) >= 11 is 1.41. The van der Waals surface area contributed by atoms with Crippen molar-refractivity contribution in [1.29, 1.82) is 0 Å². The summed E-state index contributed by atoms with van der Waals surface area (Å²) in [4.78, 5) is 10.3. The van der Waals surface area contributed by atoms with Crippen LogP contribution in [-0.4, -0.2) is 22.6 Å². The molecule has 0 heterocycles. The molecule has 0 aliphatic heterocycles. The van der Waals surface area contributed by atoms with Crippen molar-refractivity contribution in [2.24, 2.45) is 0 Å². The van der Waals surface area contributed by atoms with Crippen molar-refractivity contribution in [1.82, 2.24) is 0 Å². The van der Waals surface area contributed by atoms with Crippen LogP contribution in [0.1, 0.15) is 39.0 Å². The van der Waals surface area contributed by atoms with E-state index in [-0.39, 0.29) is 5.75 Å². The number of hydrogen-bond donors (Lipinski definition) is 1. The first-order valence-electron chi connectivity index (χ1n) is 7.81. The van der Waals surface area contributed by atoms with Gasteiger partial charge in [-0.2, -0.15) is 0 Å². The van der Waals surface area contributed by atoms with E-state index < -0.39 is 5.97 Å². The molecule has 0 unspecified atom stereocenters. The highest BCUT2D eigenvalue weighted by molar-refractivity contribution is 8.00. The van der Waals surface area contributed by atoms with E-state index in [2.05, 4.69) is 61.6 Å². The number of hydrogen-bond acceptors (Lipinski definition) is 2. The predicted molar refractivity (Wildman–Crippen MR) is 99.4 cm³/mol. The maximum Gasteiger partial charge on any atom is 0.313 e. The van der Waals surface area contributed by atoms with E-state index in [4.69, 9.17) is 5.11 Å². The zero-order chi connectivity index (χ0) is 16.3. The smallest absolute Gasteiger partial charge is 0.313 e. The van der Waals surface area contributed by atoms with Crippen molar-refractivity contribution >= 4 is 17.7 Å². The van der Waals surface area contributed by atoms with Crippen LogP contribution < -0.4 is 0 Å². The second kappa shape index (κ2) is 17.6. The number of aliphatic carboxylic acids is 1. The van der Waals surface area contributed by atoms with Gasteiger partial charge in [0.2, 0.25) is 0 Å². The van der Waals surface area contributed by atoms with Gasteiger partial charge in [-0.15, -0.1) is 11.8 Å². The topological polar surface area (TPSA) is 37.3 Å². The molecule has 2 nitrogen and oxygen atoms in total. The van der Waals surface area contributed by atoms with Crippen LogP contribution in [0.2, 0.25) is 0 Å². The average molecular weight is 320 g/mol. The highest BCUT2D eigenvalue weighted by atomic mass is 32.2. The van der Waals surface area contributed by atoms with Crippen LogP contribution in [0, 0.1) is 0 Å². The van der Waals surface area contributed by atoms with Gasteiger partial charge >= 0.3 is 5.97 Å². The largest absolute Gasteiger partial charge is 0.481 e. The van der Waals surface area contributed by atoms with Gasteiger partial charge < -0.3 is 5.11 Å². The van der Waals surface area contributed by atoms with Crippen LogP contribution in [0.5, 0.6) is 0 Å². The van der Waals surface area contributed by atoms with Crippen molar-refractivity contribution in [2.75, 3.05) is 11.5 Å². The summed E-state index contributed by atoms with van der Waals surface area (Å²) in [6.07, 6.45) is 26.5. The highest BCUT2D eigenvalue weighted by Gasteiger charge is 1.92. The van der Waals surface area contributed by atoms with Gasteiger partial charge in [-0.05, 0) is 32.1 Å². The van der Waals surface area contributed by atoms with Crippen molar-refractivity contribution < 1.29 is 9.90 Å². The van der Waals surface area contributed by atoms with E-state index in [9.17, 15) is 4.79 Å². The highest BCUT2D eigenvalue weighted by Crippen LogP contribution is 2.00. The quantitative estimate of drug-likeness (QED) is 0.357. The van der Waals surface area contributed by atoms with Crippen molar-refractivity contribution in [3.8, 4) is 0 Å². The molecule has 122 valence electrons. The Morgan fingerprint density at radius 3 is 1.59 bits per heavy atom. The first-order chi connectivity index (χ1) is 10.8. The van der Waals surface area contributed by atoms with Gasteiger partial charge in [-0.1, -0.05) is 67.7 Å². The van der Waals surface area contributed by atoms with Gasteiger partial charge in [0.05, 0.1) is 5.75 Å². The summed E-state index contributed by atoms with van der Waals surface area (Å²) in [5.41, 5.74) is 0. The van der Waals surface area contributed by atoms with E-state index >= 15 is 0 Å². The maximum absolute atomic E-state index is 10.3. The molecule has 0 rings (SSSR count). The Hall–Kier alpha value is -1.48. The lowest BCUT2D eigenvalue weighted by Gasteiger charge is -1.90. The summed E-state index contributed by atoms with van der Waals surface area (Å²) in [6, 6.07) is 0. The lowest BCUT2D eigenvalue weighted by Crippen LogP contribution is -1.97. The van der Waals surface area contributed by atoms with Gasteiger partial charge in [0.25, 0.3) is 0 Å². The predicted octanol–water partition coefficient (Wildman–Crippen LogP) is 5.56. The Kier molecular flexibility index (Phi) is 16.4. The molecule has 3 heteroatoms. The molecule has 0 fully saturated rings. The molecular weight excluding hydrogens is 292 g/mol. The van der Waals surface area contributed by atoms with E-state index in [0.29, 0.717) is 0 Å². The van der Waals surface area contributed by atoms with Crippen LogP contribution in [0.3, 0.4) is 0 Å². The minimum absolute atomic E-state index is 0.175. The normalized spacial score (nSPS) is 12.8. The third-order valence-electron chi connectivity index (χ3n) is 2.60. The molecule has 0 aromatic heterocycles. The molecule has 0 aliphatic carbocycles. The summed E-state index contributed by atoms with van der Waals surface area (Å²) in [5.74, 6) is 0.186. The van der Waals surface area contributed by atoms with Gasteiger partial charge in [0, 0.05) is 5.75 Å². The minimum Gasteiger partial charge on any atom is -0.481 e. The Labute approximate surface area is 139 Å². The SMILES string of the molecule is CCC=CCC=CC/C=C\C/C=C\C/C=C\CSCC(=O)O. The van der Waals surface area contributed by atoms with E-state index in [0.717, 1.165) is 37.9 Å². The number of thioether (sulfide) groups is 1. The lowest BCUT2D eigenvalue weighted by atomic mass is 10.2. The van der Waals surface area contributed by atoms with Gasteiger partial charge in [0.15, 0.2) is 0 Å². The Morgan fingerprint density at radius 1 is 0.773 bits per heavy atom. The van der Waals surface area contributed by atoms with Crippen LogP contribution in [0.25, 0.3) is 0 Å². The van der Waals surface area contributed by atoms with Gasteiger partial charge in [-0.25, -0.2) is 0 Å². The molecule has 22 heavy (non-hydrogen) atoms. The van der Waals surface area contributed by atoms with Crippen LogP contribution >= 0.6 is 11.8 Å². The van der Waals surface area contributed by atoms with Crippen LogP contribution in [0.15, 0.2) is 60.8 Å². The van der Waals surface area contributed by atoms with Crippen molar-refractivity contribution in [3.05, 3.63) is 60.8 Å². The molecular formula is C19H28O2S. The van der Waals surface area contributed by atoms with E-state index in [1.54, 1.807) is 0 Å². The van der Waals surface area contributed by atoms with Crippen LogP contribution in [0.4, 0.5) is 0 Å². The number of carboxylic acid groups (broad SMARTS) is 1. The maximum atomic E-state index is 10.3. The standard InChI is InChI=1S/C19H28O2S/c1-2-3-4-5-6-7-8-9-10-11-12-13-14-15-16-17-22-18-19(20)21/h3-4,6-7,9-10,12-13,15-16H,2,5,8,11,14,17-18H2,1H3,(H,20,21)/b4-3?,7-6?,10-9-,13-12-,16-15-. The molecule has 0 amide bonds. The second-order valence-electron chi connectivity index (χ2n) is 4.62. The third-order valence-corrected chi connectivity index (χ3v) is 3.48. The molecule has 0 aromatic rings. The number of rotatable bonds is 13. The molecule has 0 aliphatic rings. The molecule has 0 spiro atoms. The molecule has 1 N–H and O–H groups in total. The average Bonchev–Trinajstić information content (AvgIpc) is 2.50.